The number of likely N-dealkylation sites (N-methyl/N-ethyl adjacent to an activating group) is 1. The first-order valence-corrected chi connectivity index (χ1v) is 6.14. The maximum Gasteiger partial charge on any atom is 0.239 e. The summed E-state index contributed by atoms with van der Waals surface area (Å²) in [5.41, 5.74) is 5.13. The van der Waals surface area contributed by atoms with Crippen molar-refractivity contribution in [2.24, 2.45) is 5.73 Å². The molecule has 0 bridgehead atoms. The highest BCUT2D eigenvalue weighted by atomic mass is 16.2. The van der Waals surface area contributed by atoms with Crippen LogP contribution in [0.3, 0.4) is 0 Å². The zero-order valence-electron chi connectivity index (χ0n) is 10.4. The predicted octanol–water partition coefficient (Wildman–Crippen LogP) is -1.34. The lowest BCUT2D eigenvalue weighted by atomic mass is 10.1. The van der Waals surface area contributed by atoms with Crippen molar-refractivity contribution in [3.05, 3.63) is 0 Å². The fourth-order valence-corrected chi connectivity index (χ4v) is 1.99. The minimum absolute atomic E-state index is 0.0126. The summed E-state index contributed by atoms with van der Waals surface area (Å²) in [5, 5.41) is 5.38. The van der Waals surface area contributed by atoms with Gasteiger partial charge in [-0.15, -0.1) is 0 Å². The minimum Gasteiger partial charge on any atom is -0.351 e. The Morgan fingerprint density at radius 2 is 2.18 bits per heavy atom. The maximum atomic E-state index is 11.5. The lowest BCUT2D eigenvalue weighted by Gasteiger charge is -2.32. The van der Waals surface area contributed by atoms with Gasteiger partial charge in [-0.25, -0.2) is 0 Å². The van der Waals surface area contributed by atoms with E-state index < -0.39 is 0 Å². The Morgan fingerprint density at radius 3 is 2.82 bits per heavy atom. The highest BCUT2D eigenvalue weighted by Gasteiger charge is 2.20. The molecule has 17 heavy (non-hydrogen) atoms. The van der Waals surface area contributed by atoms with E-state index in [0.29, 0.717) is 0 Å². The van der Waals surface area contributed by atoms with Gasteiger partial charge >= 0.3 is 0 Å². The van der Waals surface area contributed by atoms with Gasteiger partial charge in [0.1, 0.15) is 0 Å². The van der Waals surface area contributed by atoms with E-state index in [-0.39, 0.29) is 30.9 Å². The fraction of sp³-hybridized carbons (Fsp3) is 0.818. The number of nitrogens with zero attached hydrogens (tertiary/aromatic N) is 1. The van der Waals surface area contributed by atoms with Crippen molar-refractivity contribution in [2.45, 2.75) is 25.8 Å². The predicted molar refractivity (Wildman–Crippen MR) is 65.3 cm³/mol. The third kappa shape index (κ3) is 5.14. The van der Waals surface area contributed by atoms with Crippen LogP contribution in [0.4, 0.5) is 0 Å². The Bertz CT molecular complexity index is 270. The third-order valence-corrected chi connectivity index (χ3v) is 2.95. The summed E-state index contributed by atoms with van der Waals surface area (Å²) in [5.74, 6) is -0.450. The standard InChI is InChI=1S/C11H22N4O2/c1-2-15-5-3-4-9(8-15)14-11(17)7-13-10(16)6-12/h9H,2-8,12H2,1H3,(H,13,16)(H,14,17). The number of carbonyl (C=O) groups excluding carboxylic acids is 2. The number of likely N-dealkylation sites (tertiary alicyclic amines) is 1. The highest BCUT2D eigenvalue weighted by Crippen LogP contribution is 2.08. The van der Waals surface area contributed by atoms with Crippen LogP contribution in [-0.2, 0) is 9.59 Å². The van der Waals surface area contributed by atoms with Gasteiger partial charge in [0.15, 0.2) is 0 Å². The monoisotopic (exact) mass is 242 g/mol. The zero-order chi connectivity index (χ0) is 12.7. The first-order chi connectivity index (χ1) is 8.15. The van der Waals surface area contributed by atoms with E-state index in [1.165, 1.54) is 0 Å². The number of piperidine rings is 1. The Hall–Kier alpha value is -1.14. The summed E-state index contributed by atoms with van der Waals surface area (Å²) < 4.78 is 0. The molecule has 1 fully saturated rings. The van der Waals surface area contributed by atoms with Gasteiger partial charge in [-0.2, -0.15) is 0 Å². The molecule has 1 rings (SSSR count). The second-order valence-corrected chi connectivity index (χ2v) is 4.28. The third-order valence-electron chi connectivity index (χ3n) is 2.95. The lowest BCUT2D eigenvalue weighted by molar-refractivity contribution is -0.126. The molecular formula is C11H22N4O2. The summed E-state index contributed by atoms with van der Waals surface area (Å²) >= 11 is 0. The molecule has 4 N–H and O–H groups in total. The van der Waals surface area contributed by atoms with Crippen LogP contribution in [0.15, 0.2) is 0 Å². The van der Waals surface area contributed by atoms with Crippen molar-refractivity contribution in [3.8, 4) is 0 Å². The molecule has 1 aliphatic heterocycles. The van der Waals surface area contributed by atoms with E-state index in [4.69, 9.17) is 5.73 Å². The lowest BCUT2D eigenvalue weighted by Crippen LogP contribution is -2.50. The molecular weight excluding hydrogens is 220 g/mol. The van der Waals surface area contributed by atoms with Crippen LogP contribution in [0.5, 0.6) is 0 Å². The SMILES string of the molecule is CCN1CCCC(NC(=O)CNC(=O)CN)C1. The Morgan fingerprint density at radius 1 is 1.41 bits per heavy atom. The fourth-order valence-electron chi connectivity index (χ4n) is 1.99. The van der Waals surface area contributed by atoms with Crippen LogP contribution in [0.1, 0.15) is 19.8 Å². The molecule has 1 heterocycles. The van der Waals surface area contributed by atoms with Crippen molar-refractivity contribution in [2.75, 3.05) is 32.7 Å². The second-order valence-electron chi connectivity index (χ2n) is 4.28. The minimum atomic E-state index is -0.307. The van der Waals surface area contributed by atoms with E-state index in [9.17, 15) is 9.59 Å². The van der Waals surface area contributed by atoms with Crippen LogP contribution in [-0.4, -0.2) is 55.5 Å². The summed E-state index contributed by atoms with van der Waals surface area (Å²) in [6, 6.07) is 0.200. The molecule has 0 radical (unpaired) electrons. The topological polar surface area (TPSA) is 87.5 Å². The number of nitrogens with two attached hydrogens (primary N) is 1. The average molecular weight is 242 g/mol. The van der Waals surface area contributed by atoms with Gasteiger partial charge < -0.3 is 21.3 Å². The van der Waals surface area contributed by atoms with Crippen molar-refractivity contribution < 1.29 is 9.59 Å². The summed E-state index contributed by atoms with van der Waals surface area (Å²) in [6.07, 6.45) is 2.11. The molecule has 1 aliphatic rings. The van der Waals surface area contributed by atoms with E-state index in [1.54, 1.807) is 0 Å². The van der Waals surface area contributed by atoms with Crippen LogP contribution < -0.4 is 16.4 Å². The largest absolute Gasteiger partial charge is 0.351 e. The van der Waals surface area contributed by atoms with Gasteiger partial charge in [-0.3, -0.25) is 9.59 Å². The number of nitrogens with one attached hydrogen (secondary N) is 2. The summed E-state index contributed by atoms with van der Waals surface area (Å²) in [7, 11) is 0. The number of hydrogen-bond acceptors (Lipinski definition) is 4. The molecule has 1 saturated heterocycles. The Balaban J connectivity index is 2.23. The first kappa shape index (κ1) is 13.9. The van der Waals surface area contributed by atoms with Gasteiger partial charge in [0, 0.05) is 12.6 Å². The normalized spacial score (nSPS) is 20.9. The average Bonchev–Trinajstić information content (AvgIpc) is 2.36. The van der Waals surface area contributed by atoms with Gasteiger partial charge in [0.25, 0.3) is 0 Å². The second kappa shape index (κ2) is 7.24. The number of amides is 2. The molecule has 0 aromatic heterocycles. The van der Waals surface area contributed by atoms with Crippen molar-refractivity contribution in [3.63, 3.8) is 0 Å². The quantitative estimate of drug-likeness (QED) is 0.557. The van der Waals surface area contributed by atoms with E-state index in [2.05, 4.69) is 22.5 Å². The molecule has 2 amide bonds. The number of rotatable bonds is 5. The van der Waals surface area contributed by atoms with E-state index in [1.807, 2.05) is 0 Å². The molecule has 98 valence electrons. The summed E-state index contributed by atoms with van der Waals surface area (Å²) in [6.45, 7) is 5.06. The molecule has 1 unspecified atom stereocenters. The van der Waals surface area contributed by atoms with Gasteiger partial charge in [-0.1, -0.05) is 6.92 Å². The maximum absolute atomic E-state index is 11.5. The van der Waals surface area contributed by atoms with Gasteiger partial charge in [0.2, 0.25) is 11.8 Å². The van der Waals surface area contributed by atoms with E-state index >= 15 is 0 Å². The molecule has 1 atom stereocenters. The molecule has 0 aromatic rings. The van der Waals surface area contributed by atoms with Crippen molar-refractivity contribution >= 4 is 11.8 Å². The molecule has 0 aromatic carbocycles. The Kier molecular flexibility index (Phi) is 5.93. The van der Waals surface area contributed by atoms with Crippen LogP contribution in [0.25, 0.3) is 0 Å². The molecule has 0 saturated carbocycles. The smallest absolute Gasteiger partial charge is 0.239 e. The highest BCUT2D eigenvalue weighted by molar-refractivity contribution is 5.85. The van der Waals surface area contributed by atoms with Crippen molar-refractivity contribution in [1.82, 2.24) is 15.5 Å². The molecule has 6 nitrogen and oxygen atoms in total. The zero-order valence-corrected chi connectivity index (χ0v) is 10.4. The number of hydrogen-bond donors (Lipinski definition) is 3. The molecule has 0 spiro atoms. The molecule has 0 aliphatic carbocycles. The first-order valence-electron chi connectivity index (χ1n) is 6.14. The van der Waals surface area contributed by atoms with Gasteiger partial charge in [-0.05, 0) is 25.9 Å². The van der Waals surface area contributed by atoms with Crippen LogP contribution in [0.2, 0.25) is 0 Å². The van der Waals surface area contributed by atoms with Gasteiger partial charge in [0.05, 0.1) is 13.1 Å². The number of carbonyl (C=O) groups is 2. The molecule has 6 heteroatoms. The van der Waals surface area contributed by atoms with E-state index in [0.717, 1.165) is 32.5 Å². The van der Waals surface area contributed by atoms with Crippen LogP contribution in [0, 0.1) is 0 Å². The Labute approximate surface area is 102 Å². The van der Waals surface area contributed by atoms with Crippen LogP contribution >= 0.6 is 0 Å². The van der Waals surface area contributed by atoms with Crippen molar-refractivity contribution in [1.29, 1.82) is 0 Å². The summed E-state index contributed by atoms with van der Waals surface area (Å²) in [4.78, 5) is 24.7.